The van der Waals surface area contributed by atoms with E-state index in [1.807, 2.05) is 48.3 Å². The lowest BCUT2D eigenvalue weighted by atomic mass is 10.2. The number of aromatic nitrogens is 2. The number of hydrogen-bond acceptors (Lipinski definition) is 3. The Morgan fingerprint density at radius 2 is 1.96 bits per heavy atom. The first-order valence-corrected chi connectivity index (χ1v) is 8.83. The van der Waals surface area contributed by atoms with Gasteiger partial charge >= 0.3 is 0 Å². The Morgan fingerprint density at radius 1 is 1.15 bits per heavy atom. The molecule has 0 saturated heterocycles. The summed E-state index contributed by atoms with van der Waals surface area (Å²) in [5.41, 5.74) is 3.41. The summed E-state index contributed by atoms with van der Waals surface area (Å²) in [4.78, 5) is 6.49. The van der Waals surface area contributed by atoms with Crippen LogP contribution in [0.25, 0.3) is 5.69 Å². The normalized spacial score (nSPS) is 11.3. The van der Waals surface area contributed by atoms with Gasteiger partial charge in [-0.25, -0.2) is 4.68 Å². The van der Waals surface area contributed by atoms with Crippen LogP contribution in [0.5, 0.6) is 5.75 Å². The second kappa shape index (κ2) is 8.89. The Kier molecular flexibility index (Phi) is 6.10. The maximum Gasteiger partial charge on any atom is 0.193 e. The molecule has 0 aliphatic heterocycles. The predicted molar refractivity (Wildman–Crippen MR) is 108 cm³/mol. The van der Waals surface area contributed by atoms with Gasteiger partial charge in [0.1, 0.15) is 5.75 Å². The van der Waals surface area contributed by atoms with Gasteiger partial charge in [-0.05, 0) is 41.5 Å². The number of ether oxygens (including phenoxy) is 1. The lowest BCUT2D eigenvalue weighted by Gasteiger charge is -2.22. The van der Waals surface area contributed by atoms with Crippen molar-refractivity contribution in [1.82, 2.24) is 20.0 Å². The van der Waals surface area contributed by atoms with Crippen molar-refractivity contribution in [2.24, 2.45) is 4.99 Å². The molecular weight excluding hydrogens is 338 g/mol. The smallest absolute Gasteiger partial charge is 0.193 e. The topological polar surface area (TPSA) is 54.7 Å². The molecule has 3 rings (SSSR count). The van der Waals surface area contributed by atoms with E-state index in [4.69, 9.17) is 4.74 Å². The van der Waals surface area contributed by atoms with Crippen LogP contribution in [0.2, 0.25) is 0 Å². The Balaban J connectivity index is 1.60. The highest BCUT2D eigenvalue weighted by Gasteiger charge is 2.07. The SMILES string of the molecule is CN=C(NCc1cccc(-n2cccn2)c1)N(C)Cc1ccc(OC)cc1. The standard InChI is InChI=1S/C21H25N5O/c1-22-21(25(2)16-17-8-10-20(27-3)11-9-17)23-15-18-6-4-7-19(14-18)26-13-5-12-24-26/h4-14H,15-16H2,1-3H3,(H,22,23). The third-order valence-corrected chi connectivity index (χ3v) is 4.28. The van der Waals surface area contributed by atoms with Crippen molar-refractivity contribution in [2.75, 3.05) is 21.2 Å². The summed E-state index contributed by atoms with van der Waals surface area (Å²) < 4.78 is 7.07. The molecule has 140 valence electrons. The minimum atomic E-state index is 0.689. The lowest BCUT2D eigenvalue weighted by molar-refractivity contribution is 0.414. The monoisotopic (exact) mass is 363 g/mol. The van der Waals surface area contributed by atoms with Crippen LogP contribution in [0.15, 0.2) is 72.0 Å². The van der Waals surface area contributed by atoms with Gasteiger partial charge < -0.3 is 15.0 Å². The zero-order valence-corrected chi connectivity index (χ0v) is 16.0. The number of nitrogens with one attached hydrogen (secondary N) is 1. The van der Waals surface area contributed by atoms with Gasteiger partial charge in [-0.1, -0.05) is 24.3 Å². The molecule has 0 aliphatic carbocycles. The highest BCUT2D eigenvalue weighted by atomic mass is 16.5. The number of rotatable bonds is 6. The van der Waals surface area contributed by atoms with E-state index < -0.39 is 0 Å². The van der Waals surface area contributed by atoms with E-state index in [-0.39, 0.29) is 0 Å². The average molecular weight is 363 g/mol. The molecule has 0 spiro atoms. The minimum Gasteiger partial charge on any atom is -0.497 e. The highest BCUT2D eigenvalue weighted by molar-refractivity contribution is 5.79. The molecule has 6 nitrogen and oxygen atoms in total. The molecule has 3 aromatic rings. The van der Waals surface area contributed by atoms with Crippen LogP contribution in [0.4, 0.5) is 0 Å². The molecule has 0 aliphatic rings. The molecule has 1 aromatic heterocycles. The first kappa shape index (κ1) is 18.5. The summed E-state index contributed by atoms with van der Waals surface area (Å²) in [6.07, 6.45) is 3.72. The molecule has 1 N–H and O–H groups in total. The second-order valence-electron chi connectivity index (χ2n) is 6.23. The van der Waals surface area contributed by atoms with E-state index in [1.165, 1.54) is 11.1 Å². The minimum absolute atomic E-state index is 0.689. The number of hydrogen-bond donors (Lipinski definition) is 1. The van der Waals surface area contributed by atoms with Gasteiger partial charge in [0.2, 0.25) is 0 Å². The van der Waals surface area contributed by atoms with Crippen molar-refractivity contribution in [3.8, 4) is 11.4 Å². The van der Waals surface area contributed by atoms with Crippen LogP contribution in [0.3, 0.4) is 0 Å². The van der Waals surface area contributed by atoms with E-state index >= 15 is 0 Å². The van der Waals surface area contributed by atoms with Gasteiger partial charge in [-0.3, -0.25) is 4.99 Å². The Bertz CT molecular complexity index is 872. The summed E-state index contributed by atoms with van der Waals surface area (Å²) in [6, 6.07) is 18.3. The van der Waals surface area contributed by atoms with Crippen LogP contribution in [0.1, 0.15) is 11.1 Å². The molecule has 0 radical (unpaired) electrons. The largest absolute Gasteiger partial charge is 0.497 e. The maximum atomic E-state index is 5.21. The Labute approximate surface area is 160 Å². The van der Waals surface area contributed by atoms with Crippen LogP contribution in [-0.4, -0.2) is 41.8 Å². The van der Waals surface area contributed by atoms with Crippen molar-refractivity contribution in [3.63, 3.8) is 0 Å². The van der Waals surface area contributed by atoms with Gasteiger partial charge in [-0.15, -0.1) is 0 Å². The fourth-order valence-corrected chi connectivity index (χ4v) is 2.88. The van der Waals surface area contributed by atoms with E-state index in [9.17, 15) is 0 Å². The van der Waals surface area contributed by atoms with Gasteiger partial charge in [0.25, 0.3) is 0 Å². The van der Waals surface area contributed by atoms with Crippen molar-refractivity contribution in [3.05, 3.63) is 78.1 Å². The zero-order chi connectivity index (χ0) is 19.1. The summed E-state index contributed by atoms with van der Waals surface area (Å²) >= 11 is 0. The maximum absolute atomic E-state index is 5.21. The number of benzene rings is 2. The van der Waals surface area contributed by atoms with Crippen molar-refractivity contribution < 1.29 is 4.74 Å². The van der Waals surface area contributed by atoms with Crippen LogP contribution in [-0.2, 0) is 13.1 Å². The molecular formula is C21H25N5O. The number of nitrogens with zero attached hydrogens (tertiary/aromatic N) is 4. The van der Waals surface area contributed by atoms with Gasteiger partial charge in [0.15, 0.2) is 5.96 Å². The Morgan fingerprint density at radius 3 is 2.63 bits per heavy atom. The fraction of sp³-hybridized carbons (Fsp3) is 0.238. The molecule has 0 bridgehead atoms. The number of methoxy groups -OCH3 is 1. The highest BCUT2D eigenvalue weighted by Crippen LogP contribution is 2.13. The van der Waals surface area contributed by atoms with E-state index in [0.717, 1.165) is 23.9 Å². The molecule has 6 heteroatoms. The molecule has 27 heavy (non-hydrogen) atoms. The average Bonchev–Trinajstić information content (AvgIpc) is 3.24. The van der Waals surface area contributed by atoms with Crippen LogP contribution >= 0.6 is 0 Å². The summed E-state index contributed by atoms with van der Waals surface area (Å²) in [7, 11) is 5.50. The van der Waals surface area contributed by atoms with Crippen LogP contribution < -0.4 is 10.1 Å². The first-order chi connectivity index (χ1) is 13.2. The van der Waals surface area contributed by atoms with Gasteiger partial charge in [0.05, 0.1) is 12.8 Å². The molecule has 0 unspecified atom stereocenters. The first-order valence-electron chi connectivity index (χ1n) is 8.83. The molecule has 2 aromatic carbocycles. The van der Waals surface area contributed by atoms with Crippen molar-refractivity contribution >= 4 is 5.96 Å². The van der Waals surface area contributed by atoms with Crippen molar-refractivity contribution in [1.29, 1.82) is 0 Å². The van der Waals surface area contributed by atoms with Gasteiger partial charge in [0, 0.05) is 39.6 Å². The Hall–Kier alpha value is -3.28. The van der Waals surface area contributed by atoms with E-state index in [2.05, 4.69) is 44.6 Å². The van der Waals surface area contributed by atoms with Crippen LogP contribution in [0, 0.1) is 0 Å². The summed E-state index contributed by atoms with van der Waals surface area (Å²) in [5.74, 6) is 1.70. The second-order valence-corrected chi connectivity index (χ2v) is 6.23. The predicted octanol–water partition coefficient (Wildman–Crippen LogP) is 3.09. The summed E-state index contributed by atoms with van der Waals surface area (Å²) in [6.45, 7) is 1.45. The van der Waals surface area contributed by atoms with Crippen molar-refractivity contribution in [2.45, 2.75) is 13.1 Å². The number of aliphatic imine (C=N–C) groups is 1. The third-order valence-electron chi connectivity index (χ3n) is 4.28. The lowest BCUT2D eigenvalue weighted by Crippen LogP contribution is -2.38. The van der Waals surface area contributed by atoms with E-state index in [0.29, 0.717) is 6.54 Å². The molecule has 0 amide bonds. The van der Waals surface area contributed by atoms with E-state index in [1.54, 1.807) is 20.4 Å². The zero-order valence-electron chi connectivity index (χ0n) is 16.0. The molecule has 0 saturated carbocycles. The molecule has 1 heterocycles. The molecule has 0 fully saturated rings. The third kappa shape index (κ3) is 4.88. The van der Waals surface area contributed by atoms with Gasteiger partial charge in [-0.2, -0.15) is 5.10 Å². The quantitative estimate of drug-likeness (QED) is 0.540. The molecule has 0 atom stereocenters. The number of guanidine groups is 1. The summed E-state index contributed by atoms with van der Waals surface area (Å²) in [5, 5.41) is 7.70. The fourth-order valence-electron chi connectivity index (χ4n) is 2.88.